The highest BCUT2D eigenvalue weighted by Crippen LogP contribution is 2.27. The Balaban J connectivity index is 2.85. The molecule has 0 aliphatic carbocycles. The van der Waals surface area contributed by atoms with Gasteiger partial charge in [0.1, 0.15) is 18.9 Å². The highest BCUT2D eigenvalue weighted by molar-refractivity contribution is 5.91. The van der Waals surface area contributed by atoms with Crippen LogP contribution in [0.4, 0.5) is 13.2 Å². The maximum Gasteiger partial charge on any atom is 0.491 e. The van der Waals surface area contributed by atoms with E-state index in [4.69, 9.17) is 4.74 Å². The van der Waals surface area contributed by atoms with E-state index in [0.717, 1.165) is 0 Å². The minimum Gasteiger partial charge on any atom is -0.495 e. The van der Waals surface area contributed by atoms with Gasteiger partial charge in [0.05, 0.1) is 5.70 Å². The summed E-state index contributed by atoms with van der Waals surface area (Å²) in [5, 5.41) is 2.60. The maximum absolute atomic E-state index is 12.4. The first kappa shape index (κ1) is 24.4. The summed E-state index contributed by atoms with van der Waals surface area (Å²) in [6.07, 6.45) is 1.73. The molecular formula is C19H25F3N2O5. The van der Waals surface area contributed by atoms with Gasteiger partial charge in [0, 0.05) is 26.4 Å². The number of esters is 2. The van der Waals surface area contributed by atoms with Crippen LogP contribution in [0.3, 0.4) is 0 Å². The predicted octanol–water partition coefficient (Wildman–Crippen LogP) is 2.46. The molecule has 0 aromatic rings. The molecule has 1 heterocycles. The lowest BCUT2D eigenvalue weighted by Gasteiger charge is -2.23. The van der Waals surface area contributed by atoms with Gasteiger partial charge in [-0.2, -0.15) is 13.2 Å². The van der Waals surface area contributed by atoms with E-state index in [1.807, 2.05) is 6.08 Å². The zero-order chi connectivity index (χ0) is 22.0. The van der Waals surface area contributed by atoms with Gasteiger partial charge in [0.15, 0.2) is 0 Å². The molecule has 0 bridgehead atoms. The van der Waals surface area contributed by atoms with Gasteiger partial charge >= 0.3 is 18.1 Å². The molecule has 0 aromatic carbocycles. The van der Waals surface area contributed by atoms with Gasteiger partial charge < -0.3 is 14.8 Å². The highest BCUT2D eigenvalue weighted by atomic mass is 19.4. The second-order valence-corrected chi connectivity index (χ2v) is 6.43. The Morgan fingerprint density at radius 1 is 1.31 bits per heavy atom. The second kappa shape index (κ2) is 11.4. The van der Waals surface area contributed by atoms with Crippen molar-refractivity contribution in [2.45, 2.75) is 38.9 Å². The van der Waals surface area contributed by atoms with E-state index in [-0.39, 0.29) is 37.8 Å². The molecule has 7 nitrogen and oxygen atoms in total. The fourth-order valence-electron chi connectivity index (χ4n) is 2.92. The van der Waals surface area contributed by atoms with E-state index >= 15 is 0 Å². The number of ether oxygens (including phenoxy) is 2. The van der Waals surface area contributed by atoms with Gasteiger partial charge in [-0.3, -0.25) is 9.69 Å². The van der Waals surface area contributed by atoms with Crippen molar-refractivity contribution in [3.63, 3.8) is 0 Å². The minimum atomic E-state index is -5.24. The third-order valence-corrected chi connectivity index (χ3v) is 4.04. The number of alkyl halides is 3. The van der Waals surface area contributed by atoms with Crippen LogP contribution in [0.25, 0.3) is 0 Å². The number of hydrogen-bond acceptors (Lipinski definition) is 6. The molecule has 1 rings (SSSR count). The summed E-state index contributed by atoms with van der Waals surface area (Å²) in [5.41, 5.74) is 0.437. The first-order valence-electron chi connectivity index (χ1n) is 8.97. The van der Waals surface area contributed by atoms with Crippen molar-refractivity contribution >= 4 is 17.8 Å². The summed E-state index contributed by atoms with van der Waals surface area (Å²) >= 11 is 0. The van der Waals surface area contributed by atoms with Crippen LogP contribution in [0.1, 0.15) is 26.7 Å². The van der Waals surface area contributed by atoms with Gasteiger partial charge in [-0.05, 0) is 19.3 Å². The summed E-state index contributed by atoms with van der Waals surface area (Å²) in [6, 6.07) is -1.00. The van der Waals surface area contributed by atoms with E-state index in [1.54, 1.807) is 17.9 Å². The molecule has 162 valence electrons. The summed E-state index contributed by atoms with van der Waals surface area (Å²) in [5.74, 6) is -4.18. The fourth-order valence-corrected chi connectivity index (χ4v) is 2.92. The molecule has 1 N–H and O–H groups in total. The van der Waals surface area contributed by atoms with E-state index in [1.165, 1.54) is 19.3 Å². The smallest absolute Gasteiger partial charge is 0.491 e. The molecular weight excluding hydrogens is 393 g/mol. The largest absolute Gasteiger partial charge is 0.495 e. The lowest BCUT2D eigenvalue weighted by Crippen LogP contribution is -2.41. The van der Waals surface area contributed by atoms with Crippen LogP contribution in [0.5, 0.6) is 0 Å². The van der Waals surface area contributed by atoms with Gasteiger partial charge in [-0.15, -0.1) is 0 Å². The van der Waals surface area contributed by atoms with Crippen molar-refractivity contribution in [1.29, 1.82) is 0 Å². The third-order valence-electron chi connectivity index (χ3n) is 4.04. The average Bonchev–Trinajstić information content (AvgIpc) is 3.01. The normalized spacial score (nSPS) is 20.5. The molecule has 0 saturated carbocycles. The van der Waals surface area contributed by atoms with Crippen molar-refractivity contribution in [3.8, 4) is 0 Å². The van der Waals surface area contributed by atoms with E-state index in [2.05, 4.69) is 16.6 Å². The number of halogens is 3. The Bertz CT molecular complexity index is 673. The lowest BCUT2D eigenvalue weighted by atomic mass is 10.1. The molecule has 2 atom stereocenters. The Kier molecular flexibility index (Phi) is 9.60. The number of allylic oxidation sites excluding steroid dienone is 1. The van der Waals surface area contributed by atoms with Crippen LogP contribution in [-0.4, -0.2) is 54.7 Å². The van der Waals surface area contributed by atoms with Gasteiger partial charge in [-0.25, -0.2) is 9.59 Å². The summed E-state index contributed by atoms with van der Waals surface area (Å²) < 4.78 is 46.4. The van der Waals surface area contributed by atoms with Crippen molar-refractivity contribution in [3.05, 3.63) is 36.8 Å². The van der Waals surface area contributed by atoms with E-state index in [0.29, 0.717) is 12.2 Å². The Labute approximate surface area is 167 Å². The quantitative estimate of drug-likeness (QED) is 0.204. The number of nitrogens with one attached hydrogen (secondary N) is 1. The Hall–Kier alpha value is -2.62. The Morgan fingerprint density at radius 3 is 2.55 bits per heavy atom. The topological polar surface area (TPSA) is 84.9 Å². The molecule has 0 aromatic heterocycles. The molecule has 1 amide bonds. The number of nitrogens with zero attached hydrogens (tertiary/aromatic N) is 1. The molecule has 1 aliphatic rings. The van der Waals surface area contributed by atoms with Gasteiger partial charge in [-0.1, -0.05) is 24.8 Å². The summed E-state index contributed by atoms with van der Waals surface area (Å²) in [4.78, 5) is 36.1. The van der Waals surface area contributed by atoms with Crippen LogP contribution >= 0.6 is 0 Å². The molecule has 1 saturated heterocycles. The number of likely N-dealkylation sites (tertiary alicyclic amines) is 1. The van der Waals surface area contributed by atoms with Gasteiger partial charge in [0.2, 0.25) is 5.91 Å². The average molecular weight is 418 g/mol. The maximum atomic E-state index is 12.4. The number of carbonyl (C=O) groups is 3. The number of rotatable bonds is 9. The lowest BCUT2D eigenvalue weighted by molar-refractivity contribution is -0.203. The zero-order valence-corrected chi connectivity index (χ0v) is 16.3. The Morgan fingerprint density at radius 2 is 2.00 bits per heavy atom. The van der Waals surface area contributed by atoms with Crippen LogP contribution in [0.15, 0.2) is 36.8 Å². The summed E-state index contributed by atoms with van der Waals surface area (Å²) in [6.45, 7) is 7.47. The van der Waals surface area contributed by atoms with Crippen LogP contribution in [0, 0.1) is 5.92 Å². The molecule has 1 fully saturated rings. The molecule has 0 spiro atoms. The minimum absolute atomic E-state index is 0.0799. The standard InChI is InChI=1S/C19H25F3N2O5/c1-4-6-14-10-16(17(26)29-18(27)19(20,21)22)24(11-14)8-7-15(23-13(3)25)12-28-9-5-2/h4-6,12,14,16H,2,7-11H2,1,3H3,(H,23,25). The van der Waals surface area contributed by atoms with Crippen LogP contribution in [0.2, 0.25) is 0 Å². The number of amides is 1. The van der Waals surface area contributed by atoms with Crippen molar-refractivity contribution in [2.75, 3.05) is 19.7 Å². The molecule has 0 radical (unpaired) electrons. The van der Waals surface area contributed by atoms with E-state index < -0.39 is 24.2 Å². The third kappa shape index (κ3) is 8.51. The molecule has 29 heavy (non-hydrogen) atoms. The number of carbonyl (C=O) groups excluding carboxylic acids is 3. The first-order chi connectivity index (χ1) is 13.6. The zero-order valence-electron chi connectivity index (χ0n) is 16.3. The molecule has 1 aliphatic heterocycles. The number of hydrogen-bond donors (Lipinski definition) is 1. The fraction of sp³-hybridized carbons (Fsp3) is 0.526. The van der Waals surface area contributed by atoms with Crippen molar-refractivity contribution in [2.24, 2.45) is 5.92 Å². The van der Waals surface area contributed by atoms with Crippen molar-refractivity contribution < 1.29 is 37.0 Å². The molecule has 2 unspecified atom stereocenters. The molecule has 10 heteroatoms. The van der Waals surface area contributed by atoms with Crippen LogP contribution in [-0.2, 0) is 23.9 Å². The first-order valence-corrected chi connectivity index (χ1v) is 8.97. The second-order valence-electron chi connectivity index (χ2n) is 6.43. The van der Waals surface area contributed by atoms with Crippen LogP contribution < -0.4 is 5.32 Å². The van der Waals surface area contributed by atoms with Crippen molar-refractivity contribution in [1.82, 2.24) is 10.2 Å². The SMILES string of the molecule is C=CCOC=C(CCN1CC(C=CC)CC1C(=O)OC(=O)C(F)(F)F)NC(C)=O. The van der Waals surface area contributed by atoms with E-state index in [9.17, 15) is 27.6 Å². The summed E-state index contributed by atoms with van der Waals surface area (Å²) in [7, 11) is 0. The predicted molar refractivity (Wildman–Crippen MR) is 98.1 cm³/mol. The highest BCUT2D eigenvalue weighted by Gasteiger charge is 2.45. The van der Waals surface area contributed by atoms with Gasteiger partial charge in [0.25, 0.3) is 0 Å². The monoisotopic (exact) mass is 418 g/mol.